The number of carbonyl (C=O) groups excluding carboxylic acids is 1. The van der Waals surface area contributed by atoms with Gasteiger partial charge in [-0.05, 0) is 62.4 Å². The van der Waals surface area contributed by atoms with E-state index in [0.29, 0.717) is 18.0 Å². The summed E-state index contributed by atoms with van der Waals surface area (Å²) in [5, 5.41) is 2.90. The zero-order valence-electron chi connectivity index (χ0n) is 14.5. The van der Waals surface area contributed by atoms with Gasteiger partial charge >= 0.3 is 0 Å². The van der Waals surface area contributed by atoms with E-state index in [4.69, 9.17) is 0 Å². The number of nitrogens with one attached hydrogen (secondary N) is 1. The molecule has 6 heteroatoms. The average Bonchev–Trinajstić information content (AvgIpc) is 3.09. The van der Waals surface area contributed by atoms with Crippen molar-refractivity contribution in [2.75, 3.05) is 18.4 Å². The molecule has 134 valence electrons. The van der Waals surface area contributed by atoms with Crippen LogP contribution >= 0.6 is 11.3 Å². The Kier molecular flexibility index (Phi) is 6.15. The first-order chi connectivity index (χ1) is 12.1. The van der Waals surface area contributed by atoms with Gasteiger partial charge in [-0.2, -0.15) is 0 Å². The van der Waals surface area contributed by atoms with Crippen molar-refractivity contribution in [3.8, 4) is 0 Å². The highest BCUT2D eigenvalue weighted by atomic mass is 32.1. The normalized spacial score (nSPS) is 18.2. The smallest absolute Gasteiger partial charge is 0.224 e. The van der Waals surface area contributed by atoms with Gasteiger partial charge in [-0.25, -0.2) is 4.39 Å². The molecule has 0 bridgehead atoms. The number of thiazole rings is 1. The van der Waals surface area contributed by atoms with Crippen LogP contribution in [-0.2, 0) is 11.3 Å². The summed E-state index contributed by atoms with van der Waals surface area (Å²) in [7, 11) is 0. The van der Waals surface area contributed by atoms with Crippen LogP contribution in [0.5, 0.6) is 0 Å². The molecule has 1 aromatic heterocycles. The van der Waals surface area contributed by atoms with E-state index in [1.807, 2.05) is 11.7 Å². The summed E-state index contributed by atoms with van der Waals surface area (Å²) < 4.78 is 13.1. The molecule has 0 saturated carbocycles. The first kappa shape index (κ1) is 18.0. The van der Waals surface area contributed by atoms with Crippen molar-refractivity contribution in [3.63, 3.8) is 0 Å². The third-order valence-corrected chi connectivity index (χ3v) is 5.47. The van der Waals surface area contributed by atoms with E-state index in [1.165, 1.54) is 29.9 Å². The number of rotatable bonds is 6. The summed E-state index contributed by atoms with van der Waals surface area (Å²) >= 11 is 1.70. The monoisotopic (exact) mass is 361 g/mol. The van der Waals surface area contributed by atoms with Gasteiger partial charge in [0.2, 0.25) is 5.91 Å². The lowest BCUT2D eigenvalue weighted by Crippen LogP contribution is -2.35. The highest BCUT2D eigenvalue weighted by Crippen LogP contribution is 2.24. The molecule has 0 spiro atoms. The highest BCUT2D eigenvalue weighted by Gasteiger charge is 2.21. The molecule has 1 fully saturated rings. The number of piperidine rings is 1. The zero-order chi connectivity index (χ0) is 17.6. The Morgan fingerprint density at radius 2 is 2.36 bits per heavy atom. The fourth-order valence-electron chi connectivity index (χ4n) is 3.39. The van der Waals surface area contributed by atoms with Crippen LogP contribution in [0, 0.1) is 18.7 Å². The van der Waals surface area contributed by atoms with Crippen molar-refractivity contribution in [1.82, 2.24) is 9.88 Å². The molecule has 1 aliphatic rings. The van der Waals surface area contributed by atoms with Gasteiger partial charge in [0.15, 0.2) is 0 Å². The Bertz CT molecular complexity index is 705. The minimum Gasteiger partial charge on any atom is -0.326 e. The van der Waals surface area contributed by atoms with E-state index < -0.39 is 0 Å². The van der Waals surface area contributed by atoms with Crippen LogP contribution in [0.4, 0.5) is 10.1 Å². The Hall–Kier alpha value is -1.79. The number of hydrogen-bond donors (Lipinski definition) is 1. The standard InChI is InChI=1S/C19H24FN3OS/c1-14-9-16(20)5-6-18(14)22-19(24)7-4-15-3-2-8-23(11-15)12-17-10-21-13-25-17/h5-6,9-10,13,15H,2-4,7-8,11-12H2,1H3,(H,22,24)/t15-/m0/s1. The van der Waals surface area contributed by atoms with Crippen LogP contribution in [0.3, 0.4) is 0 Å². The fraction of sp³-hybridized carbons (Fsp3) is 0.474. The summed E-state index contributed by atoms with van der Waals surface area (Å²) in [5.41, 5.74) is 3.32. The molecule has 0 aliphatic carbocycles. The lowest BCUT2D eigenvalue weighted by molar-refractivity contribution is -0.116. The molecule has 1 aliphatic heterocycles. The van der Waals surface area contributed by atoms with E-state index in [0.717, 1.165) is 31.6 Å². The van der Waals surface area contributed by atoms with E-state index in [9.17, 15) is 9.18 Å². The number of hydrogen-bond acceptors (Lipinski definition) is 4. The first-order valence-corrected chi connectivity index (χ1v) is 9.64. The Balaban J connectivity index is 1.45. The zero-order valence-corrected chi connectivity index (χ0v) is 15.3. The van der Waals surface area contributed by atoms with Gasteiger partial charge in [0, 0.05) is 36.3 Å². The number of carbonyl (C=O) groups is 1. The van der Waals surface area contributed by atoms with Crippen LogP contribution in [0.1, 0.15) is 36.1 Å². The predicted octanol–water partition coefficient (Wildman–Crippen LogP) is 4.22. The maximum absolute atomic E-state index is 13.1. The van der Waals surface area contributed by atoms with E-state index in [1.54, 1.807) is 24.3 Å². The molecule has 25 heavy (non-hydrogen) atoms. The lowest BCUT2D eigenvalue weighted by atomic mass is 9.93. The molecule has 1 saturated heterocycles. The second kappa shape index (κ2) is 8.54. The van der Waals surface area contributed by atoms with Crippen LogP contribution in [0.15, 0.2) is 29.9 Å². The number of likely N-dealkylation sites (tertiary alicyclic amines) is 1. The quantitative estimate of drug-likeness (QED) is 0.838. The summed E-state index contributed by atoms with van der Waals surface area (Å²) in [4.78, 5) is 20.1. The maximum atomic E-state index is 13.1. The first-order valence-electron chi connectivity index (χ1n) is 8.76. The van der Waals surface area contributed by atoms with E-state index in [-0.39, 0.29) is 11.7 Å². The minimum atomic E-state index is -0.279. The molecular formula is C19H24FN3OS. The number of aryl methyl sites for hydroxylation is 1. The van der Waals surface area contributed by atoms with Crippen LogP contribution in [-0.4, -0.2) is 28.9 Å². The third-order valence-electron chi connectivity index (χ3n) is 4.71. The van der Waals surface area contributed by atoms with Crippen molar-refractivity contribution in [3.05, 3.63) is 46.2 Å². The minimum absolute atomic E-state index is 0.00860. The van der Waals surface area contributed by atoms with Crippen molar-refractivity contribution in [2.45, 2.75) is 39.2 Å². The molecule has 3 rings (SSSR count). The van der Waals surface area contributed by atoms with Gasteiger partial charge < -0.3 is 5.32 Å². The van der Waals surface area contributed by atoms with Gasteiger partial charge in [0.1, 0.15) is 5.82 Å². The Morgan fingerprint density at radius 3 is 3.12 bits per heavy atom. The number of halogens is 1. The predicted molar refractivity (Wildman–Crippen MR) is 99.1 cm³/mol. The molecule has 1 aromatic carbocycles. The Labute approximate surface area is 152 Å². The second-order valence-electron chi connectivity index (χ2n) is 6.76. The van der Waals surface area contributed by atoms with Gasteiger partial charge in [-0.3, -0.25) is 14.7 Å². The number of nitrogens with zero attached hydrogens (tertiary/aromatic N) is 2. The number of anilines is 1. The highest BCUT2D eigenvalue weighted by molar-refractivity contribution is 7.09. The molecule has 2 heterocycles. The summed E-state index contributed by atoms with van der Waals surface area (Å²) in [6.07, 6.45) is 5.71. The van der Waals surface area contributed by atoms with E-state index in [2.05, 4.69) is 15.2 Å². The molecular weight excluding hydrogens is 337 g/mol. The summed E-state index contributed by atoms with van der Waals surface area (Å²) in [6, 6.07) is 4.44. The average molecular weight is 361 g/mol. The number of amides is 1. The van der Waals surface area contributed by atoms with Crippen LogP contribution in [0.2, 0.25) is 0 Å². The van der Waals surface area contributed by atoms with Gasteiger partial charge in [-0.15, -0.1) is 11.3 Å². The van der Waals surface area contributed by atoms with Gasteiger partial charge in [0.05, 0.1) is 5.51 Å². The van der Waals surface area contributed by atoms with Crippen molar-refractivity contribution in [1.29, 1.82) is 0 Å². The summed E-state index contributed by atoms with van der Waals surface area (Å²) in [5.74, 6) is 0.287. The molecule has 1 atom stereocenters. The van der Waals surface area contributed by atoms with Gasteiger partial charge in [-0.1, -0.05) is 0 Å². The van der Waals surface area contributed by atoms with Gasteiger partial charge in [0.25, 0.3) is 0 Å². The van der Waals surface area contributed by atoms with Crippen molar-refractivity contribution >= 4 is 22.9 Å². The second-order valence-corrected chi connectivity index (χ2v) is 7.73. The number of aromatic nitrogens is 1. The molecule has 4 nitrogen and oxygen atoms in total. The van der Waals surface area contributed by atoms with Crippen LogP contribution in [0.25, 0.3) is 0 Å². The molecule has 1 amide bonds. The van der Waals surface area contributed by atoms with E-state index >= 15 is 0 Å². The third kappa shape index (κ3) is 5.34. The molecule has 2 aromatic rings. The summed E-state index contributed by atoms with van der Waals surface area (Å²) in [6.45, 7) is 4.93. The maximum Gasteiger partial charge on any atom is 0.224 e. The topological polar surface area (TPSA) is 45.2 Å². The van der Waals surface area contributed by atoms with Crippen LogP contribution < -0.4 is 5.32 Å². The van der Waals surface area contributed by atoms with Crippen molar-refractivity contribution < 1.29 is 9.18 Å². The largest absolute Gasteiger partial charge is 0.326 e. The SMILES string of the molecule is Cc1cc(F)ccc1NC(=O)CC[C@@H]1CCCN(Cc2cncs2)C1. The molecule has 1 N–H and O–H groups in total. The Morgan fingerprint density at radius 1 is 1.48 bits per heavy atom. The lowest BCUT2D eigenvalue weighted by Gasteiger charge is -2.32. The molecule has 0 radical (unpaired) electrons. The number of benzene rings is 1. The fourth-order valence-corrected chi connectivity index (χ4v) is 4.02. The van der Waals surface area contributed by atoms with Crippen molar-refractivity contribution in [2.24, 2.45) is 5.92 Å². The molecule has 0 unspecified atom stereocenters.